The second-order valence-electron chi connectivity index (χ2n) is 5.92. The van der Waals surface area contributed by atoms with Gasteiger partial charge in [0, 0.05) is 13.1 Å². The summed E-state index contributed by atoms with van der Waals surface area (Å²) >= 11 is 0. The van der Waals surface area contributed by atoms with Gasteiger partial charge in [0.2, 0.25) is 0 Å². The predicted octanol–water partition coefficient (Wildman–Crippen LogP) is 3.40. The van der Waals surface area contributed by atoms with Crippen molar-refractivity contribution in [2.75, 3.05) is 6.54 Å². The van der Waals surface area contributed by atoms with Crippen LogP contribution in [0.1, 0.15) is 51.2 Å². The van der Waals surface area contributed by atoms with Crippen LogP contribution >= 0.6 is 0 Å². The lowest BCUT2D eigenvalue weighted by Crippen LogP contribution is -2.28. The van der Waals surface area contributed by atoms with Crippen molar-refractivity contribution in [1.82, 2.24) is 5.32 Å². The minimum Gasteiger partial charge on any atom is -0.481 e. The monoisotopic (exact) mass is 263 g/mol. The Morgan fingerprint density at radius 3 is 2.37 bits per heavy atom. The molecule has 0 aliphatic rings. The van der Waals surface area contributed by atoms with Gasteiger partial charge in [-0.25, -0.2) is 0 Å². The third kappa shape index (κ3) is 5.03. The molecule has 0 radical (unpaired) electrons. The fourth-order valence-electron chi connectivity index (χ4n) is 1.74. The van der Waals surface area contributed by atoms with Crippen molar-refractivity contribution in [1.29, 1.82) is 0 Å². The van der Waals surface area contributed by atoms with E-state index in [4.69, 9.17) is 5.11 Å². The van der Waals surface area contributed by atoms with Crippen molar-refractivity contribution < 1.29 is 9.90 Å². The molecule has 2 N–H and O–H groups in total. The van der Waals surface area contributed by atoms with E-state index in [2.05, 4.69) is 26.1 Å². The van der Waals surface area contributed by atoms with Gasteiger partial charge in [0.1, 0.15) is 0 Å². The molecular weight excluding hydrogens is 238 g/mol. The van der Waals surface area contributed by atoms with Crippen LogP contribution in [0.4, 0.5) is 0 Å². The molecule has 0 spiro atoms. The molecule has 0 fully saturated rings. The van der Waals surface area contributed by atoms with Crippen molar-refractivity contribution in [2.45, 2.75) is 46.6 Å². The highest BCUT2D eigenvalue weighted by atomic mass is 16.4. The van der Waals surface area contributed by atoms with Crippen LogP contribution in [-0.4, -0.2) is 17.6 Å². The maximum atomic E-state index is 10.9. The van der Waals surface area contributed by atoms with Gasteiger partial charge in [0.15, 0.2) is 0 Å². The average Bonchev–Trinajstić information content (AvgIpc) is 2.38. The SMILES string of the molecule is CCC(C)(C)CNCc1ccc(C(C)C(=O)O)cc1. The molecule has 1 aromatic carbocycles. The van der Waals surface area contributed by atoms with Crippen molar-refractivity contribution in [3.63, 3.8) is 0 Å². The quantitative estimate of drug-likeness (QED) is 0.792. The van der Waals surface area contributed by atoms with Crippen LogP contribution < -0.4 is 5.32 Å². The van der Waals surface area contributed by atoms with Crippen molar-refractivity contribution >= 4 is 5.97 Å². The van der Waals surface area contributed by atoms with E-state index >= 15 is 0 Å². The van der Waals surface area contributed by atoms with Crippen LogP contribution in [0.2, 0.25) is 0 Å². The van der Waals surface area contributed by atoms with E-state index in [1.807, 2.05) is 24.3 Å². The summed E-state index contributed by atoms with van der Waals surface area (Å²) < 4.78 is 0. The summed E-state index contributed by atoms with van der Waals surface area (Å²) in [7, 11) is 0. The molecule has 0 aliphatic carbocycles. The summed E-state index contributed by atoms with van der Waals surface area (Å²) in [5.41, 5.74) is 2.36. The van der Waals surface area contributed by atoms with Crippen molar-refractivity contribution in [3.05, 3.63) is 35.4 Å². The average molecular weight is 263 g/mol. The fourth-order valence-corrected chi connectivity index (χ4v) is 1.74. The zero-order valence-electron chi connectivity index (χ0n) is 12.4. The lowest BCUT2D eigenvalue weighted by Gasteiger charge is -2.23. The van der Waals surface area contributed by atoms with Crippen LogP contribution in [0.5, 0.6) is 0 Å². The Morgan fingerprint density at radius 2 is 1.89 bits per heavy atom. The number of carbonyl (C=O) groups is 1. The van der Waals surface area contributed by atoms with Gasteiger partial charge in [0.05, 0.1) is 5.92 Å². The number of aliphatic carboxylic acids is 1. The standard InChI is InChI=1S/C16H25NO2/c1-5-16(3,4)11-17-10-13-6-8-14(9-7-13)12(2)15(18)19/h6-9,12,17H,5,10-11H2,1-4H3,(H,18,19). The van der Waals surface area contributed by atoms with E-state index in [0.29, 0.717) is 5.41 Å². The molecule has 106 valence electrons. The van der Waals surface area contributed by atoms with Gasteiger partial charge < -0.3 is 10.4 Å². The first-order valence-corrected chi connectivity index (χ1v) is 6.88. The summed E-state index contributed by atoms with van der Waals surface area (Å²) in [4.78, 5) is 10.9. The summed E-state index contributed by atoms with van der Waals surface area (Å²) in [5.74, 6) is -1.23. The molecule has 3 nitrogen and oxygen atoms in total. The molecule has 0 bridgehead atoms. The molecule has 0 aliphatic heterocycles. The first kappa shape index (κ1) is 15.7. The van der Waals surface area contributed by atoms with Gasteiger partial charge in [-0.1, -0.05) is 45.0 Å². The number of nitrogens with one attached hydrogen (secondary N) is 1. The number of hydrogen-bond acceptors (Lipinski definition) is 2. The Morgan fingerprint density at radius 1 is 1.32 bits per heavy atom. The molecule has 0 saturated heterocycles. The zero-order valence-corrected chi connectivity index (χ0v) is 12.4. The predicted molar refractivity (Wildman–Crippen MR) is 78.3 cm³/mol. The van der Waals surface area contributed by atoms with E-state index in [0.717, 1.165) is 25.1 Å². The van der Waals surface area contributed by atoms with E-state index in [1.54, 1.807) is 6.92 Å². The fraction of sp³-hybridized carbons (Fsp3) is 0.562. The zero-order chi connectivity index (χ0) is 14.5. The van der Waals surface area contributed by atoms with Crippen LogP contribution in [0.15, 0.2) is 24.3 Å². The highest BCUT2D eigenvalue weighted by Crippen LogP contribution is 2.18. The normalized spacial score (nSPS) is 13.3. The highest BCUT2D eigenvalue weighted by molar-refractivity contribution is 5.75. The third-order valence-electron chi connectivity index (χ3n) is 3.74. The number of hydrogen-bond donors (Lipinski definition) is 2. The number of carboxylic acids is 1. The summed E-state index contributed by atoms with van der Waals surface area (Å²) in [6.07, 6.45) is 1.15. The van der Waals surface area contributed by atoms with Gasteiger partial charge >= 0.3 is 5.97 Å². The molecule has 1 atom stereocenters. The minimum atomic E-state index is -0.782. The molecular formula is C16H25NO2. The van der Waals surface area contributed by atoms with Crippen LogP contribution in [0.3, 0.4) is 0 Å². The summed E-state index contributed by atoms with van der Waals surface area (Å²) in [5, 5.41) is 12.4. The smallest absolute Gasteiger partial charge is 0.310 e. The van der Waals surface area contributed by atoms with Crippen LogP contribution in [0.25, 0.3) is 0 Å². The summed E-state index contributed by atoms with van der Waals surface area (Å²) in [6.45, 7) is 10.2. The van der Waals surface area contributed by atoms with Crippen molar-refractivity contribution in [2.24, 2.45) is 5.41 Å². The van der Waals surface area contributed by atoms with E-state index in [-0.39, 0.29) is 0 Å². The lowest BCUT2D eigenvalue weighted by atomic mass is 9.90. The van der Waals surface area contributed by atoms with Gasteiger partial charge in [-0.15, -0.1) is 0 Å². The highest BCUT2D eigenvalue weighted by Gasteiger charge is 2.14. The molecule has 0 saturated carbocycles. The van der Waals surface area contributed by atoms with Crippen molar-refractivity contribution in [3.8, 4) is 0 Å². The van der Waals surface area contributed by atoms with Crippen LogP contribution in [-0.2, 0) is 11.3 Å². The maximum absolute atomic E-state index is 10.9. The Kier molecular flexibility index (Phi) is 5.55. The van der Waals surface area contributed by atoms with Gasteiger partial charge in [-0.05, 0) is 29.9 Å². The van der Waals surface area contributed by atoms with Gasteiger partial charge in [-0.2, -0.15) is 0 Å². The second-order valence-corrected chi connectivity index (χ2v) is 5.92. The molecule has 0 heterocycles. The largest absolute Gasteiger partial charge is 0.481 e. The first-order valence-electron chi connectivity index (χ1n) is 6.88. The molecule has 0 amide bonds. The van der Waals surface area contributed by atoms with E-state index < -0.39 is 11.9 Å². The van der Waals surface area contributed by atoms with E-state index in [9.17, 15) is 4.79 Å². The molecule has 1 unspecified atom stereocenters. The van der Waals surface area contributed by atoms with Gasteiger partial charge in [-0.3, -0.25) is 4.79 Å². The second kappa shape index (κ2) is 6.71. The molecule has 19 heavy (non-hydrogen) atoms. The topological polar surface area (TPSA) is 49.3 Å². The molecule has 3 heteroatoms. The van der Waals surface area contributed by atoms with Crippen LogP contribution in [0, 0.1) is 5.41 Å². The summed E-state index contributed by atoms with van der Waals surface area (Å²) in [6, 6.07) is 7.81. The van der Waals surface area contributed by atoms with Gasteiger partial charge in [0.25, 0.3) is 0 Å². The maximum Gasteiger partial charge on any atom is 0.310 e. The molecule has 1 aromatic rings. The Hall–Kier alpha value is -1.35. The first-order chi connectivity index (χ1) is 8.85. The molecule has 0 aromatic heterocycles. The lowest BCUT2D eigenvalue weighted by molar-refractivity contribution is -0.138. The Labute approximate surface area is 116 Å². The number of rotatable bonds is 7. The Balaban J connectivity index is 2.51. The molecule has 1 rings (SSSR count). The third-order valence-corrected chi connectivity index (χ3v) is 3.74. The Bertz CT molecular complexity index is 409. The number of carboxylic acid groups (broad SMARTS) is 1. The van der Waals surface area contributed by atoms with E-state index in [1.165, 1.54) is 5.56 Å². The number of benzene rings is 1. The minimum absolute atomic E-state index is 0.317.